The topological polar surface area (TPSA) is 60.5 Å². The summed E-state index contributed by atoms with van der Waals surface area (Å²) in [6, 6.07) is 9.15. The summed E-state index contributed by atoms with van der Waals surface area (Å²) < 4.78 is 10.4. The molecule has 0 saturated carbocycles. The molecular weight excluding hydrogens is 280 g/mol. The second-order valence-electron chi connectivity index (χ2n) is 4.52. The van der Waals surface area contributed by atoms with E-state index < -0.39 is 0 Å². The Balaban J connectivity index is 2.00. The van der Waals surface area contributed by atoms with Crippen LogP contribution in [0.2, 0.25) is 0 Å². The van der Waals surface area contributed by atoms with E-state index in [2.05, 4.69) is 10.3 Å². The fraction of sp³-hybridized carbons (Fsp3) is 0.176. The van der Waals surface area contributed by atoms with Crippen molar-refractivity contribution >= 4 is 12.0 Å². The molecule has 0 bridgehead atoms. The fourth-order valence-corrected chi connectivity index (χ4v) is 1.89. The first-order valence-corrected chi connectivity index (χ1v) is 6.80. The van der Waals surface area contributed by atoms with Crippen LogP contribution in [0.15, 0.2) is 48.8 Å². The van der Waals surface area contributed by atoms with E-state index in [4.69, 9.17) is 9.47 Å². The smallest absolute Gasteiger partial charge is 0.244 e. The van der Waals surface area contributed by atoms with Gasteiger partial charge in [0, 0.05) is 30.6 Å². The lowest BCUT2D eigenvalue weighted by molar-refractivity contribution is -0.116. The van der Waals surface area contributed by atoms with E-state index in [1.807, 2.05) is 18.2 Å². The molecule has 22 heavy (non-hydrogen) atoms. The number of pyridine rings is 1. The van der Waals surface area contributed by atoms with Gasteiger partial charge in [-0.15, -0.1) is 0 Å². The van der Waals surface area contributed by atoms with Gasteiger partial charge >= 0.3 is 0 Å². The Bertz CT molecular complexity index is 654. The highest BCUT2D eigenvalue weighted by Gasteiger charge is 2.03. The molecule has 1 N–H and O–H groups in total. The van der Waals surface area contributed by atoms with E-state index in [1.54, 1.807) is 44.8 Å². The molecule has 0 spiro atoms. The molecule has 0 aliphatic rings. The molecule has 0 radical (unpaired) electrons. The number of amides is 1. The van der Waals surface area contributed by atoms with Crippen molar-refractivity contribution < 1.29 is 14.3 Å². The molecule has 2 rings (SSSR count). The van der Waals surface area contributed by atoms with Crippen molar-refractivity contribution in [1.82, 2.24) is 10.3 Å². The first kappa shape index (κ1) is 15.6. The van der Waals surface area contributed by atoms with Crippen molar-refractivity contribution in [2.24, 2.45) is 0 Å². The lowest BCUT2D eigenvalue weighted by atomic mass is 10.1. The minimum Gasteiger partial charge on any atom is -0.497 e. The van der Waals surface area contributed by atoms with Crippen molar-refractivity contribution in [3.8, 4) is 11.5 Å². The molecule has 1 amide bonds. The third-order valence-electron chi connectivity index (χ3n) is 3.04. The second kappa shape index (κ2) is 7.83. The van der Waals surface area contributed by atoms with E-state index in [9.17, 15) is 4.79 Å². The van der Waals surface area contributed by atoms with Crippen LogP contribution >= 0.6 is 0 Å². The van der Waals surface area contributed by atoms with E-state index >= 15 is 0 Å². The Kier molecular flexibility index (Phi) is 5.54. The SMILES string of the molecule is COc1ccc(OC)c(/C=C/C(=O)NCc2cccnc2)c1. The van der Waals surface area contributed by atoms with Gasteiger partial charge in [0.15, 0.2) is 0 Å². The van der Waals surface area contributed by atoms with Gasteiger partial charge in [-0.3, -0.25) is 9.78 Å². The van der Waals surface area contributed by atoms with Gasteiger partial charge in [-0.2, -0.15) is 0 Å². The average Bonchev–Trinajstić information content (AvgIpc) is 2.58. The molecule has 1 heterocycles. The van der Waals surface area contributed by atoms with E-state index in [-0.39, 0.29) is 5.91 Å². The number of carbonyl (C=O) groups excluding carboxylic acids is 1. The van der Waals surface area contributed by atoms with Gasteiger partial charge in [-0.25, -0.2) is 0 Å². The first-order valence-electron chi connectivity index (χ1n) is 6.80. The van der Waals surface area contributed by atoms with Crippen LogP contribution in [0.25, 0.3) is 6.08 Å². The summed E-state index contributed by atoms with van der Waals surface area (Å²) in [5.41, 5.74) is 1.72. The molecule has 1 aromatic heterocycles. The van der Waals surface area contributed by atoms with Gasteiger partial charge in [-0.1, -0.05) is 6.07 Å². The van der Waals surface area contributed by atoms with Gasteiger partial charge in [0.1, 0.15) is 11.5 Å². The molecule has 5 heteroatoms. The quantitative estimate of drug-likeness (QED) is 0.832. The van der Waals surface area contributed by atoms with Gasteiger partial charge in [-0.05, 0) is 35.9 Å². The number of nitrogens with one attached hydrogen (secondary N) is 1. The minimum atomic E-state index is -0.186. The summed E-state index contributed by atoms with van der Waals surface area (Å²) in [6.45, 7) is 0.437. The maximum atomic E-state index is 11.9. The molecule has 0 aliphatic carbocycles. The molecule has 5 nitrogen and oxygen atoms in total. The van der Waals surface area contributed by atoms with Crippen molar-refractivity contribution in [2.45, 2.75) is 6.54 Å². The number of hydrogen-bond acceptors (Lipinski definition) is 4. The normalized spacial score (nSPS) is 10.5. The van der Waals surface area contributed by atoms with Gasteiger partial charge in [0.25, 0.3) is 0 Å². The Labute approximate surface area is 129 Å². The van der Waals surface area contributed by atoms with Crippen LogP contribution in [0.5, 0.6) is 11.5 Å². The second-order valence-corrected chi connectivity index (χ2v) is 4.52. The molecule has 0 atom stereocenters. The number of aromatic nitrogens is 1. The number of methoxy groups -OCH3 is 2. The Hall–Kier alpha value is -2.82. The third-order valence-corrected chi connectivity index (χ3v) is 3.04. The van der Waals surface area contributed by atoms with Crippen LogP contribution in [0.3, 0.4) is 0 Å². The monoisotopic (exact) mass is 298 g/mol. The molecule has 0 fully saturated rings. The molecule has 0 aliphatic heterocycles. The number of ether oxygens (including phenoxy) is 2. The highest BCUT2D eigenvalue weighted by Crippen LogP contribution is 2.24. The predicted octanol–water partition coefficient (Wildman–Crippen LogP) is 2.43. The number of benzene rings is 1. The highest BCUT2D eigenvalue weighted by atomic mass is 16.5. The Morgan fingerprint density at radius 2 is 2.14 bits per heavy atom. The van der Waals surface area contributed by atoms with Crippen LogP contribution in [-0.2, 0) is 11.3 Å². The number of carbonyl (C=O) groups is 1. The molecule has 0 unspecified atom stereocenters. The fourth-order valence-electron chi connectivity index (χ4n) is 1.89. The van der Waals surface area contributed by atoms with Crippen LogP contribution in [-0.4, -0.2) is 25.1 Å². The lowest BCUT2D eigenvalue weighted by Crippen LogP contribution is -2.20. The van der Waals surface area contributed by atoms with E-state index in [1.165, 1.54) is 6.08 Å². The van der Waals surface area contributed by atoms with Crippen LogP contribution in [0.1, 0.15) is 11.1 Å². The summed E-state index contributed by atoms with van der Waals surface area (Å²) in [7, 11) is 3.18. The summed E-state index contributed by atoms with van der Waals surface area (Å²) in [5, 5.41) is 2.80. The van der Waals surface area contributed by atoms with E-state index in [0.29, 0.717) is 18.0 Å². The van der Waals surface area contributed by atoms with Crippen LogP contribution in [0.4, 0.5) is 0 Å². The van der Waals surface area contributed by atoms with Crippen molar-refractivity contribution in [2.75, 3.05) is 14.2 Å². The minimum absolute atomic E-state index is 0.186. The maximum absolute atomic E-state index is 11.9. The highest BCUT2D eigenvalue weighted by molar-refractivity contribution is 5.92. The zero-order valence-corrected chi connectivity index (χ0v) is 12.6. The zero-order chi connectivity index (χ0) is 15.8. The predicted molar refractivity (Wildman–Crippen MR) is 84.7 cm³/mol. The van der Waals surface area contributed by atoms with Gasteiger partial charge in [0.2, 0.25) is 5.91 Å². The third kappa shape index (κ3) is 4.34. The first-order chi connectivity index (χ1) is 10.7. The number of rotatable bonds is 6. The van der Waals surface area contributed by atoms with Crippen LogP contribution in [0, 0.1) is 0 Å². The molecule has 114 valence electrons. The van der Waals surface area contributed by atoms with Gasteiger partial charge < -0.3 is 14.8 Å². The summed E-state index contributed by atoms with van der Waals surface area (Å²) in [6.07, 6.45) is 6.57. The maximum Gasteiger partial charge on any atom is 0.244 e. The summed E-state index contributed by atoms with van der Waals surface area (Å²) in [5.74, 6) is 1.20. The Morgan fingerprint density at radius 1 is 1.27 bits per heavy atom. The average molecular weight is 298 g/mol. The van der Waals surface area contributed by atoms with Crippen LogP contribution < -0.4 is 14.8 Å². The van der Waals surface area contributed by atoms with Crippen molar-refractivity contribution in [3.63, 3.8) is 0 Å². The Morgan fingerprint density at radius 3 is 2.82 bits per heavy atom. The molecule has 2 aromatic rings. The number of hydrogen-bond donors (Lipinski definition) is 1. The van der Waals surface area contributed by atoms with Crippen molar-refractivity contribution in [1.29, 1.82) is 0 Å². The summed E-state index contributed by atoms with van der Waals surface area (Å²) >= 11 is 0. The van der Waals surface area contributed by atoms with E-state index in [0.717, 1.165) is 11.1 Å². The zero-order valence-electron chi connectivity index (χ0n) is 12.6. The lowest BCUT2D eigenvalue weighted by Gasteiger charge is -2.07. The molecular formula is C17H18N2O3. The number of nitrogens with zero attached hydrogens (tertiary/aromatic N) is 1. The molecule has 1 aromatic carbocycles. The van der Waals surface area contributed by atoms with Gasteiger partial charge in [0.05, 0.1) is 14.2 Å². The standard InChI is InChI=1S/C17H18N2O3/c1-21-15-6-7-16(22-2)14(10-15)5-8-17(20)19-12-13-4-3-9-18-11-13/h3-11H,12H2,1-2H3,(H,19,20)/b8-5+. The van der Waals surface area contributed by atoms with Crippen molar-refractivity contribution in [3.05, 3.63) is 59.9 Å². The largest absolute Gasteiger partial charge is 0.497 e. The summed E-state index contributed by atoms with van der Waals surface area (Å²) in [4.78, 5) is 15.9. The molecule has 0 saturated heterocycles.